The quantitative estimate of drug-likeness (QED) is 0.610. The topological polar surface area (TPSA) is 59.3 Å². The first kappa shape index (κ1) is 19.8. The number of aromatic nitrogens is 1. The van der Waals surface area contributed by atoms with Crippen LogP contribution in [-0.4, -0.2) is 27.7 Å². The fourth-order valence-corrected chi connectivity index (χ4v) is 3.75. The second-order valence-electron chi connectivity index (χ2n) is 6.10. The van der Waals surface area contributed by atoms with Crippen LogP contribution in [0.15, 0.2) is 47.4 Å². The number of hydrogen-bond acceptors (Lipinski definition) is 3. The molecule has 0 unspecified atom stereocenters. The van der Waals surface area contributed by atoms with Gasteiger partial charge in [-0.15, -0.1) is 0 Å². The highest BCUT2D eigenvalue weighted by atomic mass is 35.5. The Labute approximate surface area is 170 Å². The highest BCUT2D eigenvalue weighted by Gasteiger charge is 2.15. The summed E-state index contributed by atoms with van der Waals surface area (Å²) in [6.45, 7) is 0.623. The number of carbonyl (C=O) groups is 1. The molecule has 27 heavy (non-hydrogen) atoms. The van der Waals surface area contributed by atoms with Crippen LogP contribution < -0.4 is 5.43 Å². The van der Waals surface area contributed by atoms with Gasteiger partial charge in [-0.25, -0.2) is 4.79 Å². The van der Waals surface area contributed by atoms with Crippen LogP contribution in [0.5, 0.6) is 0 Å². The van der Waals surface area contributed by atoms with Crippen LogP contribution in [0.3, 0.4) is 0 Å². The third-order valence-corrected chi connectivity index (χ3v) is 5.79. The molecule has 0 saturated heterocycles. The van der Waals surface area contributed by atoms with Crippen molar-refractivity contribution in [1.29, 1.82) is 0 Å². The Morgan fingerprint density at radius 2 is 2.00 bits per heavy atom. The molecule has 0 aliphatic rings. The Kier molecular flexibility index (Phi) is 6.15. The van der Waals surface area contributed by atoms with E-state index in [1.807, 2.05) is 35.1 Å². The number of aryl methyl sites for hydroxylation is 1. The number of nitrogens with zero attached hydrogens (tertiary/aromatic N) is 1. The standard InChI is InChI=1S/C20H17Cl2NO3S/c1-27-8-7-23-11-15(20(25)26)19(24)14-10-12(5-6-17(14)23)9-13-3-2-4-16(21)18(13)22/h2-6,10-11H,7-9H2,1H3,(H,25,26). The van der Waals surface area contributed by atoms with Crippen molar-refractivity contribution in [2.45, 2.75) is 13.0 Å². The van der Waals surface area contributed by atoms with Crippen LogP contribution in [0.2, 0.25) is 10.0 Å². The van der Waals surface area contributed by atoms with Gasteiger partial charge in [-0.05, 0) is 42.0 Å². The van der Waals surface area contributed by atoms with Gasteiger partial charge in [-0.1, -0.05) is 41.4 Å². The zero-order chi connectivity index (χ0) is 19.6. The van der Waals surface area contributed by atoms with Crippen molar-refractivity contribution in [1.82, 2.24) is 4.57 Å². The number of benzene rings is 2. The lowest BCUT2D eigenvalue weighted by Crippen LogP contribution is -2.19. The summed E-state index contributed by atoms with van der Waals surface area (Å²) in [4.78, 5) is 24.2. The van der Waals surface area contributed by atoms with E-state index in [-0.39, 0.29) is 5.56 Å². The van der Waals surface area contributed by atoms with Gasteiger partial charge < -0.3 is 9.67 Å². The Morgan fingerprint density at radius 1 is 1.22 bits per heavy atom. The molecule has 3 rings (SSSR count). The molecule has 0 atom stereocenters. The lowest BCUT2D eigenvalue weighted by Gasteiger charge is -2.13. The molecular weight excluding hydrogens is 405 g/mol. The summed E-state index contributed by atoms with van der Waals surface area (Å²) in [5.74, 6) is -0.403. The Morgan fingerprint density at radius 3 is 2.70 bits per heavy atom. The Bertz CT molecular complexity index is 1080. The molecule has 0 aliphatic heterocycles. The van der Waals surface area contributed by atoms with Gasteiger partial charge in [0.25, 0.3) is 0 Å². The predicted molar refractivity (Wildman–Crippen MR) is 113 cm³/mol. The number of carboxylic acid groups (broad SMARTS) is 1. The highest BCUT2D eigenvalue weighted by Crippen LogP contribution is 2.28. The molecule has 1 aromatic heterocycles. The van der Waals surface area contributed by atoms with Gasteiger partial charge in [-0.3, -0.25) is 4.79 Å². The largest absolute Gasteiger partial charge is 0.477 e. The normalized spacial score (nSPS) is 11.1. The van der Waals surface area contributed by atoms with Crippen LogP contribution in [0.25, 0.3) is 10.9 Å². The molecule has 140 valence electrons. The van der Waals surface area contributed by atoms with Gasteiger partial charge in [0.1, 0.15) is 5.56 Å². The molecule has 4 nitrogen and oxygen atoms in total. The van der Waals surface area contributed by atoms with Gasteiger partial charge in [0, 0.05) is 23.9 Å². The number of rotatable bonds is 6. The number of aromatic carboxylic acids is 1. The third-order valence-electron chi connectivity index (χ3n) is 4.34. The van der Waals surface area contributed by atoms with Crippen LogP contribution >= 0.6 is 35.0 Å². The molecular formula is C20H17Cl2NO3S. The number of hydrogen-bond donors (Lipinski definition) is 1. The van der Waals surface area contributed by atoms with E-state index >= 15 is 0 Å². The molecule has 1 heterocycles. The zero-order valence-corrected chi connectivity index (χ0v) is 16.9. The first-order valence-corrected chi connectivity index (χ1v) is 10.4. The number of thioether (sulfide) groups is 1. The second kappa shape index (κ2) is 8.38. The Hall–Kier alpha value is -1.95. The lowest BCUT2D eigenvalue weighted by atomic mass is 10.0. The van der Waals surface area contributed by atoms with E-state index in [2.05, 4.69) is 0 Å². The van der Waals surface area contributed by atoms with Gasteiger partial charge in [0.05, 0.1) is 15.6 Å². The van der Waals surface area contributed by atoms with Crippen LogP contribution in [-0.2, 0) is 13.0 Å². The highest BCUT2D eigenvalue weighted by molar-refractivity contribution is 7.98. The molecule has 0 spiro atoms. The van der Waals surface area contributed by atoms with Crippen LogP contribution in [0, 0.1) is 0 Å². The molecule has 0 bridgehead atoms. The van der Waals surface area contributed by atoms with E-state index in [0.29, 0.717) is 28.4 Å². The number of pyridine rings is 1. The van der Waals surface area contributed by atoms with Crippen LogP contribution in [0.1, 0.15) is 21.5 Å². The maximum absolute atomic E-state index is 12.7. The Balaban J connectivity index is 2.13. The molecule has 7 heteroatoms. The summed E-state index contributed by atoms with van der Waals surface area (Å²) in [7, 11) is 0. The average Bonchev–Trinajstić information content (AvgIpc) is 2.65. The molecule has 3 aromatic rings. The van der Waals surface area contributed by atoms with E-state index < -0.39 is 11.4 Å². The molecule has 0 aliphatic carbocycles. The van der Waals surface area contributed by atoms with E-state index in [4.69, 9.17) is 23.2 Å². The fourth-order valence-electron chi connectivity index (χ4n) is 2.99. The molecule has 0 radical (unpaired) electrons. The predicted octanol–water partition coefficient (Wildman–Crippen LogP) is 4.96. The van der Waals surface area contributed by atoms with E-state index in [9.17, 15) is 14.7 Å². The van der Waals surface area contributed by atoms with Gasteiger partial charge >= 0.3 is 5.97 Å². The minimum Gasteiger partial charge on any atom is -0.477 e. The minimum atomic E-state index is -1.22. The summed E-state index contributed by atoms with van der Waals surface area (Å²) in [5.41, 5.74) is 1.74. The number of halogens is 2. The molecule has 0 saturated carbocycles. The van der Waals surface area contributed by atoms with E-state index in [1.165, 1.54) is 6.20 Å². The summed E-state index contributed by atoms with van der Waals surface area (Å²) in [5, 5.41) is 10.7. The fraction of sp³-hybridized carbons (Fsp3) is 0.200. The maximum atomic E-state index is 12.7. The van der Waals surface area contributed by atoms with Crippen molar-refractivity contribution in [3.63, 3.8) is 0 Å². The summed E-state index contributed by atoms with van der Waals surface area (Å²) in [6.07, 6.45) is 3.91. The number of fused-ring (bicyclic) bond motifs is 1. The minimum absolute atomic E-state index is 0.221. The van der Waals surface area contributed by atoms with Crippen molar-refractivity contribution in [3.05, 3.63) is 79.6 Å². The van der Waals surface area contributed by atoms with E-state index in [0.717, 1.165) is 22.4 Å². The van der Waals surface area contributed by atoms with Gasteiger partial charge in [-0.2, -0.15) is 11.8 Å². The van der Waals surface area contributed by atoms with Crippen molar-refractivity contribution < 1.29 is 9.90 Å². The van der Waals surface area contributed by atoms with Gasteiger partial charge in [0.15, 0.2) is 0 Å². The molecule has 0 amide bonds. The smallest absolute Gasteiger partial charge is 0.341 e. The third kappa shape index (κ3) is 4.15. The SMILES string of the molecule is CSCCn1cc(C(=O)O)c(=O)c2cc(Cc3cccc(Cl)c3Cl)ccc21. The van der Waals surface area contributed by atoms with Gasteiger partial charge in [0.2, 0.25) is 5.43 Å². The first-order chi connectivity index (χ1) is 12.9. The molecule has 2 aromatic carbocycles. The molecule has 0 fully saturated rings. The average molecular weight is 422 g/mol. The van der Waals surface area contributed by atoms with E-state index in [1.54, 1.807) is 23.9 Å². The maximum Gasteiger partial charge on any atom is 0.341 e. The monoisotopic (exact) mass is 421 g/mol. The second-order valence-corrected chi connectivity index (χ2v) is 7.88. The van der Waals surface area contributed by atoms with Crippen molar-refractivity contribution in [3.8, 4) is 0 Å². The zero-order valence-electron chi connectivity index (χ0n) is 14.5. The summed E-state index contributed by atoms with van der Waals surface area (Å²) >= 11 is 14.0. The molecule has 1 N–H and O–H groups in total. The summed E-state index contributed by atoms with van der Waals surface area (Å²) in [6, 6.07) is 10.9. The van der Waals surface area contributed by atoms with Crippen molar-refractivity contribution >= 4 is 51.8 Å². The van der Waals surface area contributed by atoms with Crippen molar-refractivity contribution in [2.75, 3.05) is 12.0 Å². The van der Waals surface area contributed by atoms with Crippen LogP contribution in [0.4, 0.5) is 0 Å². The number of carboxylic acids is 1. The first-order valence-electron chi connectivity index (χ1n) is 8.23. The lowest BCUT2D eigenvalue weighted by molar-refractivity contribution is 0.0695. The van der Waals surface area contributed by atoms with Crippen molar-refractivity contribution in [2.24, 2.45) is 0 Å². The summed E-state index contributed by atoms with van der Waals surface area (Å²) < 4.78 is 1.83.